The van der Waals surface area contributed by atoms with Crippen molar-refractivity contribution in [2.75, 3.05) is 5.73 Å². The summed E-state index contributed by atoms with van der Waals surface area (Å²) in [6.07, 6.45) is 3.07. The molecule has 1 aromatic carbocycles. The third-order valence-corrected chi connectivity index (χ3v) is 2.10. The van der Waals surface area contributed by atoms with Gasteiger partial charge in [0.05, 0.1) is 18.1 Å². The van der Waals surface area contributed by atoms with Crippen molar-refractivity contribution in [1.29, 1.82) is 0 Å². The van der Waals surface area contributed by atoms with E-state index in [4.69, 9.17) is 5.73 Å². The fourth-order valence-electron chi connectivity index (χ4n) is 1.36. The molecule has 0 fully saturated rings. The Bertz CT molecular complexity index is 480. The number of nitrogens with two attached hydrogens (primary N) is 1. The maximum absolute atomic E-state index is 12.9. The molecule has 2 N–H and O–H groups in total. The Morgan fingerprint density at radius 3 is 2.47 bits per heavy atom. The van der Waals surface area contributed by atoms with E-state index in [0.29, 0.717) is 11.5 Å². The van der Waals surface area contributed by atoms with Gasteiger partial charge in [0.15, 0.2) is 5.82 Å². The van der Waals surface area contributed by atoms with Gasteiger partial charge in [-0.3, -0.25) is 0 Å². The highest BCUT2D eigenvalue weighted by atomic mass is 19.1. The molecule has 2 aromatic rings. The average molecular weight is 203 g/mol. The van der Waals surface area contributed by atoms with E-state index in [1.165, 1.54) is 24.5 Å². The quantitative estimate of drug-likeness (QED) is 0.772. The number of nitrogens with zero attached hydrogens (tertiary/aromatic N) is 2. The molecule has 1 heterocycles. The van der Waals surface area contributed by atoms with Crippen molar-refractivity contribution < 1.29 is 4.39 Å². The Morgan fingerprint density at radius 1 is 1.20 bits per heavy atom. The predicted molar refractivity (Wildman–Crippen MR) is 56.6 cm³/mol. The minimum atomic E-state index is -0.258. The molecule has 4 heteroatoms. The van der Waals surface area contributed by atoms with Gasteiger partial charge in [0.2, 0.25) is 0 Å². The number of benzene rings is 1. The fourth-order valence-corrected chi connectivity index (χ4v) is 1.36. The van der Waals surface area contributed by atoms with Crippen LogP contribution in [0.4, 0.5) is 10.1 Å². The van der Waals surface area contributed by atoms with Crippen LogP contribution >= 0.6 is 0 Å². The first kappa shape index (κ1) is 9.58. The number of rotatable bonds is 1. The molecule has 0 saturated heterocycles. The number of anilines is 1. The van der Waals surface area contributed by atoms with Crippen molar-refractivity contribution in [3.8, 4) is 11.4 Å². The van der Waals surface area contributed by atoms with Gasteiger partial charge in [-0.05, 0) is 30.7 Å². The third-order valence-electron chi connectivity index (χ3n) is 2.10. The second-order valence-corrected chi connectivity index (χ2v) is 3.30. The third kappa shape index (κ3) is 1.93. The summed E-state index contributed by atoms with van der Waals surface area (Å²) >= 11 is 0. The van der Waals surface area contributed by atoms with Gasteiger partial charge in [-0.15, -0.1) is 0 Å². The van der Waals surface area contributed by atoms with E-state index in [0.717, 1.165) is 11.1 Å². The Balaban J connectivity index is 2.49. The molecule has 0 spiro atoms. The second kappa shape index (κ2) is 3.65. The highest BCUT2D eigenvalue weighted by Gasteiger charge is 2.05. The Labute approximate surface area is 86.8 Å². The Kier molecular flexibility index (Phi) is 2.33. The summed E-state index contributed by atoms with van der Waals surface area (Å²) in [5, 5.41) is 0. The molecular weight excluding hydrogens is 193 g/mol. The van der Waals surface area contributed by atoms with Crippen LogP contribution in [0.5, 0.6) is 0 Å². The number of hydrogen-bond donors (Lipinski definition) is 1. The van der Waals surface area contributed by atoms with Crippen LogP contribution in [0.2, 0.25) is 0 Å². The predicted octanol–water partition coefficient (Wildman–Crippen LogP) is 2.17. The molecule has 0 unspecified atom stereocenters. The SMILES string of the molecule is Cc1cc(F)ccc1-c1ncc(N)cn1. The van der Waals surface area contributed by atoms with Crippen molar-refractivity contribution in [3.63, 3.8) is 0 Å². The minimum absolute atomic E-state index is 0.258. The first-order valence-corrected chi connectivity index (χ1v) is 4.51. The fraction of sp³-hybridized carbons (Fsp3) is 0.0909. The average Bonchev–Trinajstić information content (AvgIpc) is 2.20. The van der Waals surface area contributed by atoms with Crippen LogP contribution < -0.4 is 5.73 Å². The number of hydrogen-bond acceptors (Lipinski definition) is 3. The lowest BCUT2D eigenvalue weighted by molar-refractivity contribution is 0.627. The molecule has 0 aliphatic rings. The minimum Gasteiger partial charge on any atom is -0.396 e. The summed E-state index contributed by atoms with van der Waals surface area (Å²) in [5.74, 6) is 0.299. The van der Waals surface area contributed by atoms with Gasteiger partial charge in [0, 0.05) is 5.56 Å². The van der Waals surface area contributed by atoms with Crippen LogP contribution in [0, 0.1) is 12.7 Å². The van der Waals surface area contributed by atoms with E-state index in [2.05, 4.69) is 9.97 Å². The van der Waals surface area contributed by atoms with Crippen LogP contribution in [0.15, 0.2) is 30.6 Å². The van der Waals surface area contributed by atoms with Crippen molar-refractivity contribution in [2.24, 2.45) is 0 Å². The zero-order chi connectivity index (χ0) is 10.8. The maximum atomic E-state index is 12.9. The molecule has 1 aromatic heterocycles. The van der Waals surface area contributed by atoms with Gasteiger partial charge in [-0.2, -0.15) is 0 Å². The molecule has 0 amide bonds. The van der Waals surface area contributed by atoms with Crippen LogP contribution in [0.25, 0.3) is 11.4 Å². The van der Waals surface area contributed by atoms with Crippen molar-refractivity contribution in [3.05, 3.63) is 42.0 Å². The smallest absolute Gasteiger partial charge is 0.159 e. The first-order chi connectivity index (χ1) is 7.16. The van der Waals surface area contributed by atoms with Gasteiger partial charge in [-0.25, -0.2) is 14.4 Å². The highest BCUT2D eigenvalue weighted by Crippen LogP contribution is 2.20. The maximum Gasteiger partial charge on any atom is 0.159 e. The molecule has 0 atom stereocenters. The lowest BCUT2D eigenvalue weighted by Crippen LogP contribution is -1.94. The highest BCUT2D eigenvalue weighted by molar-refractivity contribution is 5.60. The molecule has 0 aliphatic heterocycles. The summed E-state index contributed by atoms with van der Waals surface area (Å²) < 4.78 is 12.9. The van der Waals surface area contributed by atoms with Crippen LogP contribution in [-0.4, -0.2) is 9.97 Å². The molecule has 76 valence electrons. The van der Waals surface area contributed by atoms with E-state index in [9.17, 15) is 4.39 Å². The summed E-state index contributed by atoms with van der Waals surface area (Å²) in [5.41, 5.74) is 7.62. The largest absolute Gasteiger partial charge is 0.396 e. The van der Waals surface area contributed by atoms with Gasteiger partial charge in [0.25, 0.3) is 0 Å². The molecule has 3 nitrogen and oxygen atoms in total. The Morgan fingerprint density at radius 2 is 1.87 bits per heavy atom. The summed E-state index contributed by atoms with van der Waals surface area (Å²) in [7, 11) is 0. The van der Waals surface area contributed by atoms with E-state index in [1.54, 1.807) is 6.07 Å². The van der Waals surface area contributed by atoms with Gasteiger partial charge >= 0.3 is 0 Å². The number of aryl methyl sites for hydroxylation is 1. The lowest BCUT2D eigenvalue weighted by Gasteiger charge is -2.04. The zero-order valence-corrected chi connectivity index (χ0v) is 8.24. The van der Waals surface area contributed by atoms with Crippen LogP contribution in [0.3, 0.4) is 0 Å². The first-order valence-electron chi connectivity index (χ1n) is 4.51. The number of aromatic nitrogens is 2. The van der Waals surface area contributed by atoms with E-state index in [-0.39, 0.29) is 5.82 Å². The zero-order valence-electron chi connectivity index (χ0n) is 8.24. The molecule has 0 aliphatic carbocycles. The lowest BCUT2D eigenvalue weighted by atomic mass is 10.1. The van der Waals surface area contributed by atoms with Crippen LogP contribution in [0.1, 0.15) is 5.56 Å². The number of halogens is 1. The van der Waals surface area contributed by atoms with Crippen LogP contribution in [-0.2, 0) is 0 Å². The monoisotopic (exact) mass is 203 g/mol. The standard InChI is InChI=1S/C11H10FN3/c1-7-4-8(12)2-3-10(7)11-14-5-9(13)6-15-11/h2-6H,13H2,1H3. The van der Waals surface area contributed by atoms with E-state index in [1.807, 2.05) is 6.92 Å². The molecule has 2 rings (SSSR count). The van der Waals surface area contributed by atoms with Gasteiger partial charge in [-0.1, -0.05) is 0 Å². The van der Waals surface area contributed by atoms with E-state index < -0.39 is 0 Å². The molecule has 0 bridgehead atoms. The number of nitrogen functional groups attached to an aromatic ring is 1. The summed E-state index contributed by atoms with van der Waals surface area (Å²) in [6.45, 7) is 1.82. The van der Waals surface area contributed by atoms with Gasteiger partial charge in [0.1, 0.15) is 5.82 Å². The van der Waals surface area contributed by atoms with E-state index >= 15 is 0 Å². The Hall–Kier alpha value is -1.97. The van der Waals surface area contributed by atoms with Crippen molar-refractivity contribution >= 4 is 5.69 Å². The molecular formula is C11H10FN3. The van der Waals surface area contributed by atoms with Crippen molar-refractivity contribution in [2.45, 2.75) is 6.92 Å². The summed E-state index contributed by atoms with van der Waals surface area (Å²) in [4.78, 5) is 8.16. The normalized spacial score (nSPS) is 10.3. The molecule has 15 heavy (non-hydrogen) atoms. The van der Waals surface area contributed by atoms with Crippen molar-refractivity contribution in [1.82, 2.24) is 9.97 Å². The van der Waals surface area contributed by atoms with Gasteiger partial charge < -0.3 is 5.73 Å². The second-order valence-electron chi connectivity index (χ2n) is 3.30. The molecule has 0 saturated carbocycles. The summed E-state index contributed by atoms with van der Waals surface area (Å²) in [6, 6.07) is 4.51. The molecule has 0 radical (unpaired) electrons. The topological polar surface area (TPSA) is 51.8 Å².